The van der Waals surface area contributed by atoms with Crippen molar-refractivity contribution in [3.05, 3.63) is 11.6 Å². The summed E-state index contributed by atoms with van der Waals surface area (Å²) in [6.07, 6.45) is 12.1. The first-order valence-electron chi connectivity index (χ1n) is 11.0. The number of ketones is 1. The predicted molar refractivity (Wildman–Crippen MR) is 106 cm³/mol. The third kappa shape index (κ3) is 2.56. The number of hydrogen-bond acceptors (Lipinski definition) is 3. The minimum Gasteiger partial charge on any atom is -0.378 e. The Kier molecular flexibility index (Phi) is 4.69. The molecule has 0 radical (unpaired) electrons. The highest BCUT2D eigenvalue weighted by Gasteiger charge is 2.65. The van der Waals surface area contributed by atoms with Crippen LogP contribution in [-0.4, -0.2) is 24.8 Å². The molecule has 0 N–H and O–H groups in total. The summed E-state index contributed by atoms with van der Waals surface area (Å²) >= 11 is 0. The summed E-state index contributed by atoms with van der Waals surface area (Å²) in [6, 6.07) is 0. The Balaban J connectivity index is 1.69. The third-order valence-corrected chi connectivity index (χ3v) is 9.66. The Morgan fingerprint density at radius 2 is 1.93 bits per heavy atom. The van der Waals surface area contributed by atoms with E-state index in [2.05, 4.69) is 20.8 Å². The van der Waals surface area contributed by atoms with Crippen LogP contribution in [-0.2, 0) is 14.3 Å². The number of carbonyl (C=O) groups is 2. The van der Waals surface area contributed by atoms with Crippen LogP contribution in [0.25, 0.3) is 0 Å². The van der Waals surface area contributed by atoms with E-state index in [1.54, 1.807) is 0 Å². The lowest BCUT2D eigenvalue weighted by molar-refractivity contribution is -0.157. The van der Waals surface area contributed by atoms with Crippen molar-refractivity contribution in [2.45, 2.75) is 84.2 Å². The summed E-state index contributed by atoms with van der Waals surface area (Å²) in [5.74, 6) is 3.05. The van der Waals surface area contributed by atoms with Crippen LogP contribution >= 0.6 is 0 Å². The molecule has 3 nitrogen and oxygen atoms in total. The van der Waals surface area contributed by atoms with Gasteiger partial charge in [0, 0.05) is 20.0 Å². The number of carbonyl (C=O) groups excluding carboxylic acids is 2. The van der Waals surface area contributed by atoms with Gasteiger partial charge in [0.25, 0.3) is 0 Å². The summed E-state index contributed by atoms with van der Waals surface area (Å²) in [5, 5.41) is 0. The van der Waals surface area contributed by atoms with Crippen LogP contribution in [0.15, 0.2) is 11.6 Å². The monoisotopic (exact) mass is 372 g/mol. The number of allylic oxidation sites excluding steroid dienone is 1. The molecule has 0 aliphatic heterocycles. The molecule has 150 valence electrons. The molecule has 0 amide bonds. The van der Waals surface area contributed by atoms with Crippen molar-refractivity contribution in [3.8, 4) is 0 Å². The van der Waals surface area contributed by atoms with E-state index < -0.39 is 0 Å². The second-order valence-electron chi connectivity index (χ2n) is 10.4. The first-order chi connectivity index (χ1) is 12.8. The average Bonchev–Trinajstić information content (AvgIpc) is 2.94. The molecule has 0 aromatic rings. The van der Waals surface area contributed by atoms with Crippen molar-refractivity contribution < 1.29 is 14.3 Å². The molecule has 7 atom stereocenters. The molecule has 4 aliphatic carbocycles. The van der Waals surface area contributed by atoms with Crippen LogP contribution in [0.3, 0.4) is 0 Å². The molecule has 4 rings (SSSR count). The van der Waals surface area contributed by atoms with E-state index in [1.165, 1.54) is 24.8 Å². The molecule has 0 aromatic carbocycles. The topological polar surface area (TPSA) is 43.4 Å². The molecule has 0 spiro atoms. The zero-order valence-corrected chi connectivity index (χ0v) is 17.6. The Labute approximate surface area is 164 Å². The fraction of sp³-hybridized carbons (Fsp3) is 0.833. The summed E-state index contributed by atoms with van der Waals surface area (Å²) in [4.78, 5) is 23.2. The summed E-state index contributed by atoms with van der Waals surface area (Å²) < 4.78 is 6.22. The molecule has 3 fully saturated rings. The number of rotatable bonds is 4. The van der Waals surface area contributed by atoms with Crippen molar-refractivity contribution in [2.24, 2.45) is 34.5 Å². The molecular weight excluding hydrogens is 336 g/mol. The fourth-order valence-electron chi connectivity index (χ4n) is 8.14. The second-order valence-corrected chi connectivity index (χ2v) is 10.4. The van der Waals surface area contributed by atoms with Crippen LogP contribution in [0.2, 0.25) is 0 Å². The van der Waals surface area contributed by atoms with Crippen molar-refractivity contribution in [1.29, 1.82) is 0 Å². The van der Waals surface area contributed by atoms with E-state index >= 15 is 0 Å². The van der Waals surface area contributed by atoms with Gasteiger partial charge in [0.05, 0.1) is 5.60 Å². The minimum atomic E-state index is -0.136. The Morgan fingerprint density at radius 3 is 2.63 bits per heavy atom. The number of methoxy groups -OCH3 is 1. The van der Waals surface area contributed by atoms with E-state index in [9.17, 15) is 9.59 Å². The molecule has 3 heteroatoms. The molecule has 0 bridgehead atoms. The van der Waals surface area contributed by atoms with Gasteiger partial charge in [-0.2, -0.15) is 0 Å². The van der Waals surface area contributed by atoms with Crippen molar-refractivity contribution in [2.75, 3.05) is 7.11 Å². The molecule has 5 unspecified atom stereocenters. The standard InChI is InChI=1S/C24H36O3/c1-16-14-17-15-18(26)6-10-22(17,2)19-7-11-23(3)20(21(16)19)8-12-24(23,27-4)9-5-13-25/h13,15-16,19-21H,5-12,14H2,1-4H3/t16-,19?,20?,21?,22?,23?,24+/m1/s1. The lowest BCUT2D eigenvalue weighted by Crippen LogP contribution is -2.57. The second kappa shape index (κ2) is 6.54. The minimum absolute atomic E-state index is 0.136. The van der Waals surface area contributed by atoms with Gasteiger partial charge >= 0.3 is 0 Å². The molecule has 4 aliphatic rings. The highest BCUT2D eigenvalue weighted by atomic mass is 16.5. The van der Waals surface area contributed by atoms with Crippen molar-refractivity contribution in [3.63, 3.8) is 0 Å². The average molecular weight is 373 g/mol. The van der Waals surface area contributed by atoms with Gasteiger partial charge in [-0.3, -0.25) is 4.79 Å². The van der Waals surface area contributed by atoms with Crippen LogP contribution in [0.4, 0.5) is 0 Å². The smallest absolute Gasteiger partial charge is 0.155 e. The molecular formula is C24H36O3. The predicted octanol–water partition coefficient (Wildman–Crippen LogP) is 5.13. The lowest BCUT2D eigenvalue weighted by Gasteiger charge is -2.61. The third-order valence-electron chi connectivity index (χ3n) is 9.66. The van der Waals surface area contributed by atoms with Crippen LogP contribution < -0.4 is 0 Å². The normalized spacial score (nSPS) is 49.0. The molecule has 27 heavy (non-hydrogen) atoms. The first kappa shape index (κ1) is 19.4. The Hall–Kier alpha value is -0.960. The highest BCUT2D eigenvalue weighted by molar-refractivity contribution is 5.91. The van der Waals surface area contributed by atoms with Gasteiger partial charge in [0.15, 0.2) is 5.78 Å². The van der Waals surface area contributed by atoms with Crippen LogP contribution in [0.1, 0.15) is 78.6 Å². The maximum absolute atomic E-state index is 12.1. The SMILES string of the molecule is CO[C@@]1(CCC=O)CCC2C3C(CCC21C)C1(C)CCC(=O)C=C1C[C@H]3C. The highest BCUT2D eigenvalue weighted by Crippen LogP contribution is 2.69. The van der Waals surface area contributed by atoms with E-state index in [0.29, 0.717) is 35.9 Å². The molecule has 0 heterocycles. The van der Waals surface area contributed by atoms with Crippen LogP contribution in [0, 0.1) is 34.5 Å². The maximum Gasteiger partial charge on any atom is 0.155 e. The molecule has 0 aromatic heterocycles. The van der Waals surface area contributed by atoms with Crippen molar-refractivity contribution >= 4 is 12.1 Å². The maximum atomic E-state index is 12.1. The quantitative estimate of drug-likeness (QED) is 0.643. The van der Waals surface area contributed by atoms with Gasteiger partial charge in [0.2, 0.25) is 0 Å². The molecule has 0 saturated heterocycles. The first-order valence-corrected chi connectivity index (χ1v) is 11.0. The summed E-state index contributed by atoms with van der Waals surface area (Å²) in [6.45, 7) is 7.32. The number of aldehydes is 1. The lowest BCUT2D eigenvalue weighted by atomic mass is 9.44. The van der Waals surface area contributed by atoms with E-state index in [0.717, 1.165) is 38.4 Å². The Bertz CT molecular complexity index is 667. The van der Waals surface area contributed by atoms with Gasteiger partial charge < -0.3 is 9.53 Å². The fourth-order valence-corrected chi connectivity index (χ4v) is 8.14. The Morgan fingerprint density at radius 1 is 1.19 bits per heavy atom. The zero-order valence-electron chi connectivity index (χ0n) is 17.6. The van der Waals surface area contributed by atoms with Gasteiger partial charge in [-0.05, 0) is 85.5 Å². The number of ether oxygens (including phenoxy) is 1. The largest absolute Gasteiger partial charge is 0.378 e. The van der Waals surface area contributed by atoms with Gasteiger partial charge in [0.1, 0.15) is 6.29 Å². The number of hydrogen-bond donors (Lipinski definition) is 0. The van der Waals surface area contributed by atoms with Gasteiger partial charge in [-0.15, -0.1) is 0 Å². The summed E-state index contributed by atoms with van der Waals surface area (Å²) in [7, 11) is 1.86. The van der Waals surface area contributed by atoms with Gasteiger partial charge in [-0.25, -0.2) is 0 Å². The van der Waals surface area contributed by atoms with Crippen LogP contribution in [0.5, 0.6) is 0 Å². The molecule has 3 saturated carbocycles. The summed E-state index contributed by atoms with van der Waals surface area (Å²) in [5.41, 5.74) is 1.69. The van der Waals surface area contributed by atoms with E-state index in [1.807, 2.05) is 13.2 Å². The van der Waals surface area contributed by atoms with Crippen molar-refractivity contribution in [1.82, 2.24) is 0 Å². The number of fused-ring (bicyclic) bond motifs is 5. The zero-order chi connectivity index (χ0) is 19.4. The van der Waals surface area contributed by atoms with E-state index in [4.69, 9.17) is 4.74 Å². The van der Waals surface area contributed by atoms with E-state index in [-0.39, 0.29) is 16.4 Å². The van der Waals surface area contributed by atoms with Gasteiger partial charge in [-0.1, -0.05) is 26.3 Å².